The molecule has 2 heterocycles. The number of carbonyl (C=O) groups is 1. The van der Waals surface area contributed by atoms with Crippen LogP contribution in [0.4, 0.5) is 0 Å². The van der Waals surface area contributed by atoms with Gasteiger partial charge in [-0.2, -0.15) is 0 Å². The standard InChI is InChI=1S/C14H21N5O2/c1-10(19-6-2-3-7-19)8-17-14(20)12-5-4-11(9-16-12)13(15)18-21/h4-5,9-10,21H,2-3,6-8H2,1H3,(H2,15,18)(H,17,20). The number of oxime groups is 1. The van der Waals surface area contributed by atoms with E-state index in [9.17, 15) is 4.79 Å². The van der Waals surface area contributed by atoms with E-state index in [0.29, 0.717) is 23.8 Å². The lowest BCUT2D eigenvalue weighted by molar-refractivity contribution is 0.0935. The molecule has 0 bridgehead atoms. The molecule has 2 rings (SSSR count). The van der Waals surface area contributed by atoms with Crippen molar-refractivity contribution in [3.8, 4) is 0 Å². The summed E-state index contributed by atoms with van der Waals surface area (Å²) in [7, 11) is 0. The van der Waals surface area contributed by atoms with E-state index in [1.807, 2.05) is 0 Å². The molecule has 114 valence electrons. The Morgan fingerprint density at radius 1 is 1.52 bits per heavy atom. The van der Waals surface area contributed by atoms with Crippen LogP contribution in [0.15, 0.2) is 23.5 Å². The topological polar surface area (TPSA) is 104 Å². The molecule has 0 aliphatic carbocycles. The van der Waals surface area contributed by atoms with E-state index in [2.05, 4.69) is 27.3 Å². The predicted molar refractivity (Wildman–Crippen MR) is 79.4 cm³/mol. The average molecular weight is 291 g/mol. The average Bonchev–Trinajstić information content (AvgIpc) is 3.06. The number of nitrogens with zero attached hydrogens (tertiary/aromatic N) is 3. The number of hydrogen-bond donors (Lipinski definition) is 3. The molecule has 7 nitrogen and oxygen atoms in total. The van der Waals surface area contributed by atoms with E-state index in [0.717, 1.165) is 13.1 Å². The Morgan fingerprint density at radius 2 is 2.24 bits per heavy atom. The van der Waals surface area contributed by atoms with Gasteiger partial charge in [-0.1, -0.05) is 5.16 Å². The zero-order chi connectivity index (χ0) is 15.2. The highest BCUT2D eigenvalue weighted by Gasteiger charge is 2.18. The van der Waals surface area contributed by atoms with Crippen molar-refractivity contribution in [2.24, 2.45) is 10.9 Å². The van der Waals surface area contributed by atoms with Crippen LogP contribution in [0, 0.1) is 0 Å². The van der Waals surface area contributed by atoms with E-state index in [1.165, 1.54) is 19.0 Å². The van der Waals surface area contributed by atoms with Crippen molar-refractivity contribution in [1.29, 1.82) is 0 Å². The lowest BCUT2D eigenvalue weighted by atomic mass is 10.2. The molecular weight excluding hydrogens is 270 g/mol. The minimum absolute atomic E-state index is 0.0305. The monoisotopic (exact) mass is 291 g/mol. The number of pyridine rings is 1. The van der Waals surface area contributed by atoms with Gasteiger partial charge in [-0.3, -0.25) is 14.7 Å². The zero-order valence-corrected chi connectivity index (χ0v) is 12.1. The molecule has 1 saturated heterocycles. The van der Waals surface area contributed by atoms with Gasteiger partial charge in [0.25, 0.3) is 5.91 Å². The number of rotatable bonds is 5. The summed E-state index contributed by atoms with van der Waals surface area (Å²) in [4.78, 5) is 18.4. The number of nitrogens with one attached hydrogen (secondary N) is 1. The molecule has 1 aromatic rings. The summed E-state index contributed by atoms with van der Waals surface area (Å²) in [5.41, 5.74) is 6.23. The zero-order valence-electron chi connectivity index (χ0n) is 12.1. The molecule has 1 aromatic heterocycles. The van der Waals surface area contributed by atoms with Gasteiger partial charge in [0.05, 0.1) is 0 Å². The molecule has 1 unspecified atom stereocenters. The van der Waals surface area contributed by atoms with Crippen LogP contribution in [0.5, 0.6) is 0 Å². The molecule has 1 aliphatic heterocycles. The van der Waals surface area contributed by atoms with Gasteiger partial charge in [-0.15, -0.1) is 0 Å². The third kappa shape index (κ3) is 3.91. The number of hydrogen-bond acceptors (Lipinski definition) is 5. The number of amidine groups is 1. The number of likely N-dealkylation sites (tertiary alicyclic amines) is 1. The van der Waals surface area contributed by atoms with Crippen molar-refractivity contribution in [1.82, 2.24) is 15.2 Å². The normalized spacial score (nSPS) is 17.7. The molecule has 0 saturated carbocycles. The van der Waals surface area contributed by atoms with Crippen LogP contribution in [0.1, 0.15) is 35.8 Å². The van der Waals surface area contributed by atoms with Crippen molar-refractivity contribution in [3.05, 3.63) is 29.6 Å². The number of nitrogens with two attached hydrogens (primary N) is 1. The fraction of sp³-hybridized carbons (Fsp3) is 0.500. The van der Waals surface area contributed by atoms with E-state index in [4.69, 9.17) is 10.9 Å². The maximum atomic E-state index is 12.0. The van der Waals surface area contributed by atoms with Crippen molar-refractivity contribution in [2.45, 2.75) is 25.8 Å². The number of carbonyl (C=O) groups excluding carboxylic acids is 1. The number of aromatic nitrogens is 1. The van der Waals surface area contributed by atoms with Crippen molar-refractivity contribution < 1.29 is 10.0 Å². The molecule has 7 heteroatoms. The highest BCUT2D eigenvalue weighted by molar-refractivity contribution is 5.98. The Kier molecular flexibility index (Phi) is 5.10. The SMILES string of the molecule is CC(CNC(=O)c1ccc(/C(N)=N/O)cn1)N1CCCC1. The maximum Gasteiger partial charge on any atom is 0.269 e. The van der Waals surface area contributed by atoms with Crippen LogP contribution >= 0.6 is 0 Å². The van der Waals surface area contributed by atoms with Crippen LogP contribution in [0.3, 0.4) is 0 Å². The van der Waals surface area contributed by atoms with E-state index >= 15 is 0 Å². The third-order valence-corrected chi connectivity index (χ3v) is 3.72. The molecule has 4 N–H and O–H groups in total. The fourth-order valence-corrected chi connectivity index (χ4v) is 2.38. The number of amides is 1. The lowest BCUT2D eigenvalue weighted by Gasteiger charge is -2.23. The van der Waals surface area contributed by atoms with Crippen LogP contribution < -0.4 is 11.1 Å². The second kappa shape index (κ2) is 7.03. The molecule has 1 atom stereocenters. The van der Waals surface area contributed by atoms with E-state index < -0.39 is 0 Å². The van der Waals surface area contributed by atoms with Gasteiger partial charge in [0.1, 0.15) is 5.69 Å². The first kappa shape index (κ1) is 15.2. The summed E-state index contributed by atoms with van der Waals surface area (Å²) in [5, 5.41) is 14.3. The summed E-state index contributed by atoms with van der Waals surface area (Å²) in [5.74, 6) is -0.246. The summed E-state index contributed by atoms with van der Waals surface area (Å²) in [6.07, 6.45) is 3.87. The molecular formula is C14H21N5O2. The highest BCUT2D eigenvalue weighted by Crippen LogP contribution is 2.10. The molecule has 0 radical (unpaired) electrons. The summed E-state index contributed by atoms with van der Waals surface area (Å²) in [6.45, 7) is 4.91. The van der Waals surface area contributed by atoms with Gasteiger partial charge in [0, 0.05) is 24.3 Å². The Hall–Kier alpha value is -2.15. The molecule has 0 aromatic carbocycles. The first-order chi connectivity index (χ1) is 10.1. The van der Waals surface area contributed by atoms with Crippen molar-refractivity contribution in [3.63, 3.8) is 0 Å². The van der Waals surface area contributed by atoms with Gasteiger partial charge in [0.2, 0.25) is 0 Å². The van der Waals surface area contributed by atoms with Crippen LogP contribution in [0.25, 0.3) is 0 Å². The lowest BCUT2D eigenvalue weighted by Crippen LogP contribution is -2.40. The predicted octanol–water partition coefficient (Wildman–Crippen LogP) is 0.390. The van der Waals surface area contributed by atoms with E-state index in [1.54, 1.807) is 12.1 Å². The molecule has 1 aliphatic rings. The fourth-order valence-electron chi connectivity index (χ4n) is 2.38. The third-order valence-electron chi connectivity index (χ3n) is 3.72. The van der Waals surface area contributed by atoms with Crippen molar-refractivity contribution >= 4 is 11.7 Å². The minimum atomic E-state index is -0.216. The van der Waals surface area contributed by atoms with Gasteiger partial charge >= 0.3 is 0 Å². The van der Waals surface area contributed by atoms with E-state index in [-0.39, 0.29) is 11.7 Å². The first-order valence-electron chi connectivity index (χ1n) is 7.08. The van der Waals surface area contributed by atoms with Crippen LogP contribution in [0.2, 0.25) is 0 Å². The quantitative estimate of drug-likeness (QED) is 0.315. The van der Waals surface area contributed by atoms with Gasteiger partial charge in [0.15, 0.2) is 5.84 Å². The second-order valence-electron chi connectivity index (χ2n) is 5.22. The summed E-state index contributed by atoms with van der Waals surface area (Å²) >= 11 is 0. The van der Waals surface area contributed by atoms with Gasteiger partial charge in [-0.05, 0) is 45.0 Å². The Labute approximate surface area is 123 Å². The summed E-state index contributed by atoms with van der Waals surface area (Å²) < 4.78 is 0. The Balaban J connectivity index is 1.88. The van der Waals surface area contributed by atoms with Gasteiger partial charge in [-0.25, -0.2) is 0 Å². The highest BCUT2D eigenvalue weighted by atomic mass is 16.4. The second-order valence-corrected chi connectivity index (χ2v) is 5.22. The largest absolute Gasteiger partial charge is 0.409 e. The Morgan fingerprint density at radius 3 is 2.81 bits per heavy atom. The van der Waals surface area contributed by atoms with Gasteiger partial charge < -0.3 is 16.3 Å². The van der Waals surface area contributed by atoms with Crippen molar-refractivity contribution in [2.75, 3.05) is 19.6 Å². The molecule has 1 fully saturated rings. The maximum absolute atomic E-state index is 12.0. The Bertz CT molecular complexity index is 509. The smallest absolute Gasteiger partial charge is 0.269 e. The summed E-state index contributed by atoms with van der Waals surface area (Å²) in [6, 6.07) is 3.48. The molecule has 1 amide bonds. The minimum Gasteiger partial charge on any atom is -0.409 e. The van der Waals surface area contributed by atoms with Crippen LogP contribution in [-0.4, -0.2) is 52.5 Å². The van der Waals surface area contributed by atoms with Crippen LogP contribution in [-0.2, 0) is 0 Å². The first-order valence-corrected chi connectivity index (χ1v) is 7.08. The molecule has 0 spiro atoms. The molecule has 21 heavy (non-hydrogen) atoms.